The molecule has 1 aromatic carbocycles. The number of hydrogen-bond donors (Lipinski definition) is 0. The number of carbonyl (C=O) groups is 2. The van der Waals surface area contributed by atoms with Crippen LogP contribution < -0.4 is 4.90 Å². The maximum atomic E-state index is 13.3. The van der Waals surface area contributed by atoms with E-state index in [9.17, 15) is 9.59 Å². The number of thiophene rings is 1. The molecule has 6 heteroatoms. The first-order chi connectivity index (χ1) is 14.2. The highest BCUT2D eigenvalue weighted by molar-refractivity contribution is 8.03. The van der Waals surface area contributed by atoms with Crippen LogP contribution in [0.3, 0.4) is 0 Å². The highest BCUT2D eigenvalue weighted by atomic mass is 32.2. The monoisotopic (exact) mass is 423 g/mol. The third-order valence-corrected chi connectivity index (χ3v) is 6.74. The topological polar surface area (TPSA) is 50.5 Å². The Morgan fingerprint density at radius 1 is 1.03 bits per heavy atom. The second-order valence-corrected chi connectivity index (χ2v) is 8.70. The van der Waals surface area contributed by atoms with E-state index in [1.54, 1.807) is 6.26 Å². The van der Waals surface area contributed by atoms with Gasteiger partial charge in [0.05, 0.1) is 28.2 Å². The largest absolute Gasteiger partial charge is 0.468 e. The van der Waals surface area contributed by atoms with Crippen molar-refractivity contribution >= 4 is 46.2 Å². The second-order valence-electron chi connectivity index (χ2n) is 6.77. The van der Waals surface area contributed by atoms with E-state index in [1.807, 2.05) is 53.9 Å². The number of anilines is 1. The Morgan fingerprint density at radius 3 is 2.52 bits per heavy atom. The number of nitrogens with zero attached hydrogens (tertiary/aromatic N) is 1. The van der Waals surface area contributed by atoms with E-state index < -0.39 is 0 Å². The Morgan fingerprint density at radius 2 is 1.86 bits per heavy atom. The lowest BCUT2D eigenvalue weighted by molar-refractivity contribution is -0.119. The first-order valence-electron chi connectivity index (χ1n) is 9.60. The fraction of sp³-hybridized carbons (Fsp3) is 0.217. The van der Waals surface area contributed by atoms with Crippen LogP contribution in [0.2, 0.25) is 0 Å². The molecule has 4 nitrogen and oxygen atoms in total. The van der Waals surface area contributed by atoms with E-state index in [0.717, 1.165) is 29.9 Å². The van der Waals surface area contributed by atoms with Crippen LogP contribution in [-0.4, -0.2) is 11.8 Å². The summed E-state index contributed by atoms with van der Waals surface area (Å²) in [7, 11) is 0. The van der Waals surface area contributed by atoms with Crippen LogP contribution in [-0.2, 0) is 21.8 Å². The average molecular weight is 424 g/mol. The lowest BCUT2D eigenvalue weighted by Crippen LogP contribution is -2.31. The molecule has 0 bridgehead atoms. The minimum absolute atomic E-state index is 0.263. The summed E-state index contributed by atoms with van der Waals surface area (Å²) in [5.41, 5.74) is 2.31. The van der Waals surface area contributed by atoms with Gasteiger partial charge >= 0.3 is 0 Å². The van der Waals surface area contributed by atoms with Crippen molar-refractivity contribution in [2.24, 2.45) is 0 Å². The molecule has 0 radical (unpaired) electrons. The van der Waals surface area contributed by atoms with Crippen LogP contribution in [0.1, 0.15) is 36.0 Å². The second kappa shape index (κ2) is 8.84. The van der Waals surface area contributed by atoms with Gasteiger partial charge in [-0.15, -0.1) is 23.1 Å². The van der Waals surface area contributed by atoms with Crippen LogP contribution in [0.4, 0.5) is 5.69 Å². The number of unbranched alkanes of at least 4 members (excludes halogenated alkanes) is 1. The van der Waals surface area contributed by atoms with Crippen LogP contribution in [0.15, 0.2) is 69.5 Å². The highest BCUT2D eigenvalue weighted by Crippen LogP contribution is 2.40. The summed E-state index contributed by atoms with van der Waals surface area (Å²) in [6.45, 7) is 2.16. The van der Waals surface area contributed by atoms with E-state index in [1.165, 1.54) is 33.6 Å². The molecule has 0 N–H and O–H groups in total. The minimum Gasteiger partial charge on any atom is -0.468 e. The van der Waals surface area contributed by atoms with Gasteiger partial charge in [0, 0.05) is 4.88 Å². The average Bonchev–Trinajstić information content (AvgIpc) is 3.47. The Hall–Kier alpha value is -2.57. The van der Waals surface area contributed by atoms with E-state index >= 15 is 0 Å². The van der Waals surface area contributed by atoms with Gasteiger partial charge in [0.25, 0.3) is 11.8 Å². The molecule has 1 aliphatic rings. The fourth-order valence-electron chi connectivity index (χ4n) is 3.25. The normalized spacial score (nSPS) is 14.3. The number of aryl methyl sites for hydroxylation is 1. The van der Waals surface area contributed by atoms with Crippen LogP contribution in [0.25, 0.3) is 5.57 Å². The van der Waals surface area contributed by atoms with Crippen molar-refractivity contribution in [3.63, 3.8) is 0 Å². The van der Waals surface area contributed by atoms with Crippen molar-refractivity contribution in [3.8, 4) is 0 Å². The minimum atomic E-state index is -0.267. The molecule has 4 rings (SSSR count). The quantitative estimate of drug-likeness (QED) is 0.423. The molecule has 2 amide bonds. The molecule has 0 atom stereocenters. The lowest BCUT2D eigenvalue weighted by Gasteiger charge is -2.15. The summed E-state index contributed by atoms with van der Waals surface area (Å²) in [6, 6.07) is 15.2. The Bertz CT molecular complexity index is 1020. The van der Waals surface area contributed by atoms with Crippen LogP contribution in [0, 0.1) is 0 Å². The Kier molecular flexibility index (Phi) is 6.02. The maximum Gasteiger partial charge on any atom is 0.272 e. The van der Waals surface area contributed by atoms with Gasteiger partial charge in [0.2, 0.25) is 0 Å². The lowest BCUT2D eigenvalue weighted by atomic mass is 10.1. The molecule has 3 heterocycles. The van der Waals surface area contributed by atoms with Crippen molar-refractivity contribution in [1.29, 1.82) is 0 Å². The zero-order valence-corrected chi connectivity index (χ0v) is 17.7. The summed E-state index contributed by atoms with van der Waals surface area (Å²) in [6.07, 6.45) is 4.87. The highest BCUT2D eigenvalue weighted by Gasteiger charge is 2.40. The van der Waals surface area contributed by atoms with Crippen molar-refractivity contribution < 1.29 is 14.0 Å². The van der Waals surface area contributed by atoms with E-state index in [4.69, 9.17) is 4.42 Å². The van der Waals surface area contributed by atoms with E-state index in [-0.39, 0.29) is 11.8 Å². The molecule has 2 aromatic heterocycles. The number of thioether (sulfide) groups is 1. The summed E-state index contributed by atoms with van der Waals surface area (Å²) in [4.78, 5) is 29.1. The van der Waals surface area contributed by atoms with Crippen molar-refractivity contribution in [3.05, 3.63) is 81.3 Å². The molecule has 0 saturated heterocycles. The molecular formula is C23H21NO3S2. The third kappa shape index (κ3) is 4.09. The maximum absolute atomic E-state index is 13.3. The predicted octanol–water partition coefficient (Wildman–Crippen LogP) is 5.90. The molecule has 0 spiro atoms. The van der Waals surface area contributed by atoms with Crippen molar-refractivity contribution in [2.45, 2.75) is 31.9 Å². The molecular weight excluding hydrogens is 402 g/mol. The van der Waals surface area contributed by atoms with Gasteiger partial charge in [-0.3, -0.25) is 9.59 Å². The molecule has 1 aliphatic heterocycles. The van der Waals surface area contributed by atoms with E-state index in [0.29, 0.717) is 21.9 Å². The van der Waals surface area contributed by atoms with Gasteiger partial charge in [0.15, 0.2) is 0 Å². The first kappa shape index (κ1) is 19.7. The molecule has 29 heavy (non-hydrogen) atoms. The van der Waals surface area contributed by atoms with Gasteiger partial charge in [-0.2, -0.15) is 0 Å². The van der Waals surface area contributed by atoms with Crippen molar-refractivity contribution in [1.82, 2.24) is 0 Å². The van der Waals surface area contributed by atoms with Crippen molar-refractivity contribution in [2.75, 3.05) is 4.90 Å². The SMILES string of the molecule is CCCCc1ccc(N2C(=O)C(SCc3ccco3)=C(c3cccs3)C2=O)cc1. The Labute approximate surface area is 178 Å². The van der Waals surface area contributed by atoms with Gasteiger partial charge in [0.1, 0.15) is 5.76 Å². The Balaban J connectivity index is 1.63. The zero-order chi connectivity index (χ0) is 20.2. The van der Waals surface area contributed by atoms with Crippen LogP contribution >= 0.6 is 23.1 Å². The molecule has 0 fully saturated rings. The standard InChI is InChI=1S/C23H21NO3S2/c1-2-3-6-16-9-11-17(12-10-16)24-22(25)20(19-8-5-14-28-19)21(23(24)26)29-15-18-7-4-13-27-18/h4-5,7-14H,2-3,6,15H2,1H3. The molecule has 3 aromatic rings. The number of imide groups is 1. The summed E-state index contributed by atoms with van der Waals surface area (Å²) < 4.78 is 5.39. The number of rotatable bonds is 8. The van der Waals surface area contributed by atoms with E-state index in [2.05, 4.69) is 6.92 Å². The van der Waals surface area contributed by atoms with Gasteiger partial charge in [-0.05, 0) is 54.1 Å². The summed E-state index contributed by atoms with van der Waals surface area (Å²) in [5.74, 6) is 0.740. The zero-order valence-electron chi connectivity index (χ0n) is 16.1. The predicted molar refractivity (Wildman–Crippen MR) is 119 cm³/mol. The summed E-state index contributed by atoms with van der Waals surface area (Å²) in [5, 5.41) is 1.92. The number of furan rings is 1. The number of hydrogen-bond acceptors (Lipinski definition) is 5. The van der Waals surface area contributed by atoms with Gasteiger partial charge < -0.3 is 4.42 Å². The molecule has 0 unspecified atom stereocenters. The first-order valence-corrected chi connectivity index (χ1v) is 11.5. The fourth-order valence-corrected chi connectivity index (χ4v) is 5.09. The molecule has 0 saturated carbocycles. The number of amides is 2. The summed E-state index contributed by atoms with van der Waals surface area (Å²) >= 11 is 2.82. The third-order valence-electron chi connectivity index (χ3n) is 4.76. The number of carbonyl (C=O) groups excluding carboxylic acids is 2. The smallest absolute Gasteiger partial charge is 0.272 e. The molecule has 0 aliphatic carbocycles. The molecule has 148 valence electrons. The number of benzene rings is 1. The van der Waals surface area contributed by atoms with Gasteiger partial charge in [-0.1, -0.05) is 31.5 Å². The van der Waals surface area contributed by atoms with Gasteiger partial charge in [-0.25, -0.2) is 4.90 Å². The van der Waals surface area contributed by atoms with Crippen LogP contribution in [0.5, 0.6) is 0 Å².